The number of piperazine rings is 1. The molecule has 5 atom stereocenters. The number of carbonyl (C=O) groups excluding carboxylic acids is 5. The maximum atomic E-state index is 13.5. The van der Waals surface area contributed by atoms with Crippen LogP contribution in [-0.4, -0.2) is 108 Å². The molecule has 0 aromatic carbocycles. The number of nitrogens with zero attached hydrogens (tertiary/aromatic N) is 1. The first-order valence-corrected chi connectivity index (χ1v) is 16.3. The van der Waals surface area contributed by atoms with Crippen LogP contribution in [0.4, 0.5) is 0 Å². The standard InChI is InChI=1S/C26H41N5O7S2/c1-16(2)24-20(32)14-23(35)38-17-5-3-4-12-39-40-15-19(26(37)30-24)29-25(36)18(28-21(33)13-17)6-7-22(34)31-10-8-27-9-11-31/h3,5,16-20,24,27,32H,4,6-15H2,1-2H3,(H,28,33)(H,29,36)(H,30,37)/b5-3+/t17-,18-,19+,20+,24-/m1/s1. The fourth-order valence-electron chi connectivity index (χ4n) is 4.68. The van der Waals surface area contributed by atoms with Crippen LogP contribution in [0, 0.1) is 5.92 Å². The van der Waals surface area contributed by atoms with E-state index in [0.717, 1.165) is 0 Å². The number of carbonyl (C=O) groups is 5. The predicted octanol–water partition coefficient (Wildman–Crippen LogP) is -0.283. The van der Waals surface area contributed by atoms with E-state index in [4.69, 9.17) is 4.74 Å². The van der Waals surface area contributed by atoms with Gasteiger partial charge in [0, 0.05) is 44.1 Å². The van der Waals surface area contributed by atoms with E-state index in [1.807, 2.05) is 19.9 Å². The van der Waals surface area contributed by atoms with Gasteiger partial charge in [-0.3, -0.25) is 24.0 Å². The number of hydrogen-bond donors (Lipinski definition) is 5. The molecule has 5 N–H and O–H groups in total. The van der Waals surface area contributed by atoms with E-state index in [1.165, 1.54) is 21.6 Å². The lowest BCUT2D eigenvalue weighted by Gasteiger charge is -2.30. The second-order valence-electron chi connectivity index (χ2n) is 10.5. The Morgan fingerprint density at radius 3 is 2.55 bits per heavy atom. The summed E-state index contributed by atoms with van der Waals surface area (Å²) in [5.41, 5.74) is 0. The predicted molar refractivity (Wildman–Crippen MR) is 153 cm³/mol. The van der Waals surface area contributed by atoms with Gasteiger partial charge < -0.3 is 36.0 Å². The molecule has 0 aromatic rings. The Hall–Kier alpha value is -2.29. The van der Waals surface area contributed by atoms with Crippen LogP contribution in [0.1, 0.15) is 46.0 Å². The molecule has 3 rings (SSSR count). The summed E-state index contributed by atoms with van der Waals surface area (Å²) in [6, 6.07) is -2.81. The third-order valence-electron chi connectivity index (χ3n) is 6.92. The molecule has 0 saturated carbocycles. The number of amides is 4. The van der Waals surface area contributed by atoms with Gasteiger partial charge in [0.25, 0.3) is 0 Å². The van der Waals surface area contributed by atoms with Crippen LogP contribution in [0.25, 0.3) is 0 Å². The Morgan fingerprint density at radius 2 is 1.82 bits per heavy atom. The summed E-state index contributed by atoms with van der Waals surface area (Å²) in [5.74, 6) is -1.70. The molecule has 0 unspecified atom stereocenters. The van der Waals surface area contributed by atoms with Gasteiger partial charge >= 0.3 is 5.97 Å². The molecule has 12 nitrogen and oxygen atoms in total. The normalized spacial score (nSPS) is 30.6. The molecular formula is C26H41N5O7S2. The number of aliphatic hydroxyl groups excluding tert-OH is 1. The van der Waals surface area contributed by atoms with Gasteiger partial charge in [-0.15, -0.1) is 0 Å². The minimum Gasteiger partial charge on any atom is -0.457 e. The lowest BCUT2D eigenvalue weighted by Crippen LogP contribution is -2.58. The maximum absolute atomic E-state index is 13.5. The molecule has 0 aromatic heterocycles. The second-order valence-corrected chi connectivity index (χ2v) is 13.1. The summed E-state index contributed by atoms with van der Waals surface area (Å²) in [6.07, 6.45) is 1.48. The number of hydrogen-bond acceptors (Lipinski definition) is 10. The van der Waals surface area contributed by atoms with Gasteiger partial charge in [-0.1, -0.05) is 41.5 Å². The fourth-order valence-corrected chi connectivity index (χ4v) is 6.83. The van der Waals surface area contributed by atoms with Crippen LogP contribution in [0.5, 0.6) is 0 Å². The Bertz CT molecular complexity index is 944. The van der Waals surface area contributed by atoms with Gasteiger partial charge in [0.15, 0.2) is 0 Å². The van der Waals surface area contributed by atoms with Crippen LogP contribution in [0.15, 0.2) is 12.2 Å². The summed E-state index contributed by atoms with van der Waals surface area (Å²) in [6.45, 7) is 6.15. The van der Waals surface area contributed by atoms with Crippen LogP contribution in [0.3, 0.4) is 0 Å². The lowest BCUT2D eigenvalue weighted by atomic mass is 9.96. The zero-order valence-electron chi connectivity index (χ0n) is 23.1. The molecular weight excluding hydrogens is 558 g/mol. The topological polar surface area (TPSA) is 166 Å². The van der Waals surface area contributed by atoms with Gasteiger partial charge in [0.05, 0.1) is 25.0 Å². The zero-order chi connectivity index (χ0) is 29.1. The molecule has 224 valence electrons. The molecule has 0 radical (unpaired) electrons. The highest BCUT2D eigenvalue weighted by atomic mass is 33.1. The third kappa shape index (κ3) is 10.3. The first-order chi connectivity index (χ1) is 19.1. The summed E-state index contributed by atoms with van der Waals surface area (Å²) >= 11 is 0. The summed E-state index contributed by atoms with van der Waals surface area (Å²) < 4.78 is 5.54. The monoisotopic (exact) mass is 599 g/mol. The highest BCUT2D eigenvalue weighted by Crippen LogP contribution is 2.24. The van der Waals surface area contributed by atoms with Crippen molar-refractivity contribution < 1.29 is 33.8 Å². The van der Waals surface area contributed by atoms with Crippen molar-refractivity contribution in [2.75, 3.05) is 37.7 Å². The van der Waals surface area contributed by atoms with Crippen molar-refractivity contribution in [3.63, 3.8) is 0 Å². The average molecular weight is 600 g/mol. The lowest BCUT2D eigenvalue weighted by molar-refractivity contribution is -0.151. The van der Waals surface area contributed by atoms with Gasteiger partial charge in [0.1, 0.15) is 18.2 Å². The highest BCUT2D eigenvalue weighted by Gasteiger charge is 2.34. The molecule has 2 bridgehead atoms. The first-order valence-electron chi connectivity index (χ1n) is 13.8. The van der Waals surface area contributed by atoms with Crippen molar-refractivity contribution in [3.8, 4) is 0 Å². The van der Waals surface area contributed by atoms with Crippen LogP contribution in [-0.2, 0) is 28.7 Å². The van der Waals surface area contributed by atoms with Crippen LogP contribution < -0.4 is 21.3 Å². The Balaban J connectivity index is 1.89. The van der Waals surface area contributed by atoms with Crippen molar-refractivity contribution in [1.29, 1.82) is 0 Å². The van der Waals surface area contributed by atoms with Crippen LogP contribution >= 0.6 is 21.6 Å². The smallest absolute Gasteiger partial charge is 0.309 e. The number of aliphatic hydroxyl groups is 1. The summed E-state index contributed by atoms with van der Waals surface area (Å²) in [4.78, 5) is 67.1. The molecule has 4 amide bonds. The zero-order valence-corrected chi connectivity index (χ0v) is 24.7. The van der Waals surface area contributed by atoms with Crippen molar-refractivity contribution in [2.45, 2.75) is 76.3 Å². The molecule has 40 heavy (non-hydrogen) atoms. The molecule has 0 aliphatic carbocycles. The van der Waals surface area contributed by atoms with Gasteiger partial charge in [-0.2, -0.15) is 0 Å². The second kappa shape index (κ2) is 16.2. The van der Waals surface area contributed by atoms with E-state index in [0.29, 0.717) is 38.4 Å². The molecule has 2 fully saturated rings. The Labute approximate surface area is 242 Å². The summed E-state index contributed by atoms with van der Waals surface area (Å²) in [7, 11) is 2.96. The minimum absolute atomic E-state index is 0.0414. The first kappa shape index (κ1) is 32.2. The van der Waals surface area contributed by atoms with E-state index >= 15 is 0 Å². The SMILES string of the molecule is CC(C)[C@H]1NC(=O)[C@@H]2CSSCC/C=C/[C@H](CC(=O)N[C@H](CCC(=O)N3CCNCC3)C(=O)N2)OC(=O)C[C@@H]1O. The van der Waals surface area contributed by atoms with E-state index in [9.17, 15) is 29.1 Å². The van der Waals surface area contributed by atoms with Crippen molar-refractivity contribution in [1.82, 2.24) is 26.2 Å². The molecule has 2 saturated heterocycles. The molecule has 3 aliphatic heterocycles. The van der Waals surface area contributed by atoms with E-state index in [2.05, 4.69) is 21.3 Å². The number of ether oxygens (including phenoxy) is 1. The maximum Gasteiger partial charge on any atom is 0.309 e. The largest absolute Gasteiger partial charge is 0.457 e. The van der Waals surface area contributed by atoms with Gasteiger partial charge in [-0.05, 0) is 24.8 Å². The van der Waals surface area contributed by atoms with E-state index in [-0.39, 0.29) is 43.3 Å². The quantitative estimate of drug-likeness (QED) is 0.165. The third-order valence-corrected chi connectivity index (χ3v) is 9.37. The number of esters is 1. The van der Waals surface area contributed by atoms with Gasteiger partial charge in [0.2, 0.25) is 23.6 Å². The molecule has 14 heteroatoms. The van der Waals surface area contributed by atoms with E-state index < -0.39 is 54.0 Å². The summed E-state index contributed by atoms with van der Waals surface area (Å²) in [5, 5.41) is 22.3. The van der Waals surface area contributed by atoms with Crippen LogP contribution in [0.2, 0.25) is 0 Å². The van der Waals surface area contributed by atoms with Gasteiger partial charge in [-0.25, -0.2) is 0 Å². The minimum atomic E-state index is -1.23. The number of rotatable bonds is 4. The average Bonchev–Trinajstić information content (AvgIpc) is 2.91. The molecule has 3 heterocycles. The Kier molecular flexibility index (Phi) is 13.1. The highest BCUT2D eigenvalue weighted by molar-refractivity contribution is 8.76. The molecule has 3 aliphatic rings. The fraction of sp³-hybridized carbons (Fsp3) is 0.731. The molecule has 0 spiro atoms. The van der Waals surface area contributed by atoms with Crippen molar-refractivity contribution in [3.05, 3.63) is 12.2 Å². The number of nitrogens with one attached hydrogen (secondary N) is 4. The number of allylic oxidation sites excluding steroid dienone is 1. The van der Waals surface area contributed by atoms with E-state index in [1.54, 1.807) is 11.0 Å². The number of fused-ring (bicyclic) bond motifs is 7. The van der Waals surface area contributed by atoms with Crippen molar-refractivity contribution in [2.24, 2.45) is 5.92 Å². The van der Waals surface area contributed by atoms with Crippen molar-refractivity contribution >= 4 is 51.2 Å². The Morgan fingerprint density at radius 1 is 1.07 bits per heavy atom.